The van der Waals surface area contributed by atoms with E-state index in [0.717, 1.165) is 0 Å². The Kier molecular flexibility index (Phi) is 4.37. The summed E-state index contributed by atoms with van der Waals surface area (Å²) in [7, 11) is 0. The Morgan fingerprint density at radius 2 is 1.68 bits per heavy atom. The molecule has 6 heteroatoms. The van der Waals surface area contributed by atoms with Crippen molar-refractivity contribution in [3.63, 3.8) is 0 Å². The Morgan fingerprint density at radius 1 is 1.08 bits per heavy atom. The summed E-state index contributed by atoms with van der Waals surface area (Å²) in [5.41, 5.74) is -0.871. The average Bonchev–Trinajstić information content (AvgIpc) is 2.55. The van der Waals surface area contributed by atoms with E-state index < -0.39 is 24.0 Å². The number of halogens is 4. The first-order valence-corrected chi connectivity index (χ1v) is 7.94. The van der Waals surface area contributed by atoms with Crippen molar-refractivity contribution in [2.24, 2.45) is 5.41 Å². The number of rotatable bonds is 2. The predicted molar refractivity (Wildman–Crippen MR) is 90.0 cm³/mol. The SMILES string of the molecule is CC1(CC(F)(F)F)C(=O)Oc2ccccc2C1=C(Cl)c1ccccc1. The lowest BCUT2D eigenvalue weighted by atomic mass is 9.73. The van der Waals surface area contributed by atoms with Crippen LogP contribution in [-0.2, 0) is 4.79 Å². The summed E-state index contributed by atoms with van der Waals surface area (Å²) >= 11 is 6.50. The number of carbonyl (C=O) groups is 1. The molecular weight excluding hydrogens is 353 g/mol. The highest BCUT2D eigenvalue weighted by atomic mass is 35.5. The summed E-state index contributed by atoms with van der Waals surface area (Å²) in [5.74, 6) is -0.760. The molecule has 2 nitrogen and oxygen atoms in total. The third-order valence-electron chi connectivity index (χ3n) is 4.16. The van der Waals surface area contributed by atoms with Crippen molar-refractivity contribution in [3.05, 3.63) is 65.7 Å². The highest BCUT2D eigenvalue weighted by molar-refractivity contribution is 6.53. The Morgan fingerprint density at radius 3 is 2.32 bits per heavy atom. The molecule has 1 unspecified atom stereocenters. The van der Waals surface area contributed by atoms with Gasteiger partial charge in [-0.1, -0.05) is 60.1 Å². The van der Waals surface area contributed by atoms with Gasteiger partial charge in [0.1, 0.15) is 11.2 Å². The van der Waals surface area contributed by atoms with Crippen LogP contribution in [0.3, 0.4) is 0 Å². The summed E-state index contributed by atoms with van der Waals surface area (Å²) in [6, 6.07) is 15.1. The van der Waals surface area contributed by atoms with Gasteiger partial charge in [0.05, 0.1) is 11.5 Å². The fourth-order valence-electron chi connectivity index (χ4n) is 3.02. The number of benzene rings is 2. The maximum absolute atomic E-state index is 13.2. The second-order valence-corrected chi connectivity index (χ2v) is 6.44. The smallest absolute Gasteiger partial charge is 0.390 e. The summed E-state index contributed by atoms with van der Waals surface area (Å²) in [5, 5.41) is 0.108. The number of esters is 1. The van der Waals surface area contributed by atoms with Gasteiger partial charge in [0.2, 0.25) is 0 Å². The minimum atomic E-state index is -4.56. The standard InChI is InChI=1S/C19H14ClF3O2/c1-18(11-19(21,22)23)15(16(20)12-7-3-2-4-8-12)13-9-5-6-10-14(13)25-17(18)24/h2-10H,11H2,1H3. The maximum atomic E-state index is 13.2. The third-order valence-corrected chi connectivity index (χ3v) is 4.57. The monoisotopic (exact) mass is 366 g/mol. The van der Waals surface area contributed by atoms with Gasteiger partial charge in [0.25, 0.3) is 0 Å². The molecule has 1 atom stereocenters. The van der Waals surface area contributed by atoms with Gasteiger partial charge in [-0.2, -0.15) is 13.2 Å². The lowest BCUT2D eigenvalue weighted by Crippen LogP contribution is -2.40. The van der Waals surface area contributed by atoms with E-state index >= 15 is 0 Å². The van der Waals surface area contributed by atoms with Crippen LogP contribution in [0.15, 0.2) is 54.6 Å². The first kappa shape index (κ1) is 17.5. The van der Waals surface area contributed by atoms with Gasteiger partial charge in [0.15, 0.2) is 0 Å². The Balaban J connectivity index is 2.29. The maximum Gasteiger partial charge on any atom is 0.390 e. The Hall–Kier alpha value is -2.27. The van der Waals surface area contributed by atoms with Gasteiger partial charge in [-0.25, -0.2) is 0 Å². The molecule has 0 fully saturated rings. The molecule has 2 aromatic carbocycles. The summed E-state index contributed by atoms with van der Waals surface area (Å²) in [6.45, 7) is 1.22. The molecule has 0 aliphatic carbocycles. The van der Waals surface area contributed by atoms with Crippen LogP contribution in [0, 0.1) is 5.41 Å². The summed E-state index contributed by atoms with van der Waals surface area (Å²) < 4.78 is 44.8. The number of alkyl halides is 3. The van der Waals surface area contributed by atoms with Gasteiger partial charge in [-0.05, 0) is 24.1 Å². The summed E-state index contributed by atoms with van der Waals surface area (Å²) in [6.07, 6.45) is -5.91. The number of para-hydroxylation sites is 1. The van der Waals surface area contributed by atoms with E-state index in [9.17, 15) is 18.0 Å². The van der Waals surface area contributed by atoms with Crippen LogP contribution in [0.5, 0.6) is 5.75 Å². The zero-order valence-corrected chi connectivity index (χ0v) is 14.0. The second-order valence-electron chi connectivity index (χ2n) is 6.06. The molecule has 0 saturated carbocycles. The van der Waals surface area contributed by atoms with Crippen LogP contribution in [0.2, 0.25) is 0 Å². The van der Waals surface area contributed by atoms with E-state index in [1.807, 2.05) is 0 Å². The molecule has 3 rings (SSSR count). The van der Waals surface area contributed by atoms with Crippen LogP contribution < -0.4 is 4.74 Å². The summed E-state index contributed by atoms with van der Waals surface area (Å²) in [4.78, 5) is 12.5. The Labute approximate surface area is 147 Å². The molecule has 1 aliphatic heterocycles. The molecule has 1 heterocycles. The van der Waals surface area contributed by atoms with E-state index in [0.29, 0.717) is 11.1 Å². The minimum Gasteiger partial charge on any atom is -0.425 e. The van der Waals surface area contributed by atoms with Gasteiger partial charge >= 0.3 is 12.1 Å². The lowest BCUT2D eigenvalue weighted by molar-refractivity contribution is -0.168. The van der Waals surface area contributed by atoms with Crippen molar-refractivity contribution in [2.75, 3.05) is 0 Å². The number of hydrogen-bond donors (Lipinski definition) is 0. The first-order valence-electron chi connectivity index (χ1n) is 7.56. The first-order chi connectivity index (χ1) is 11.7. The van der Waals surface area contributed by atoms with Gasteiger partial charge in [-0.3, -0.25) is 4.79 Å². The van der Waals surface area contributed by atoms with E-state index in [1.165, 1.54) is 13.0 Å². The van der Waals surface area contributed by atoms with E-state index in [4.69, 9.17) is 16.3 Å². The van der Waals surface area contributed by atoms with Gasteiger partial charge in [-0.15, -0.1) is 0 Å². The van der Waals surface area contributed by atoms with Crippen LogP contribution in [0.4, 0.5) is 13.2 Å². The lowest BCUT2D eigenvalue weighted by Gasteiger charge is -2.36. The highest BCUT2D eigenvalue weighted by Gasteiger charge is 2.52. The fraction of sp³-hybridized carbons (Fsp3) is 0.211. The van der Waals surface area contributed by atoms with Crippen LogP contribution in [-0.4, -0.2) is 12.1 Å². The highest BCUT2D eigenvalue weighted by Crippen LogP contribution is 2.53. The quantitative estimate of drug-likeness (QED) is 0.505. The van der Waals surface area contributed by atoms with Crippen molar-refractivity contribution in [1.29, 1.82) is 0 Å². The number of ether oxygens (including phenoxy) is 1. The fourth-order valence-corrected chi connectivity index (χ4v) is 3.46. The van der Waals surface area contributed by atoms with Crippen molar-refractivity contribution >= 4 is 28.2 Å². The molecule has 0 amide bonds. The van der Waals surface area contributed by atoms with Crippen LogP contribution in [0.1, 0.15) is 24.5 Å². The van der Waals surface area contributed by atoms with Crippen molar-refractivity contribution in [2.45, 2.75) is 19.5 Å². The zero-order chi connectivity index (χ0) is 18.2. The predicted octanol–water partition coefficient (Wildman–Crippen LogP) is 5.67. The number of carbonyl (C=O) groups excluding carboxylic acids is 1. The van der Waals surface area contributed by atoms with Crippen molar-refractivity contribution < 1.29 is 22.7 Å². The molecule has 2 aromatic rings. The Bertz CT molecular complexity index is 843. The zero-order valence-electron chi connectivity index (χ0n) is 13.2. The average molecular weight is 367 g/mol. The molecule has 0 spiro atoms. The molecule has 1 aliphatic rings. The van der Waals surface area contributed by atoms with Crippen molar-refractivity contribution in [3.8, 4) is 5.75 Å². The van der Waals surface area contributed by atoms with Crippen LogP contribution >= 0.6 is 11.6 Å². The molecule has 0 aromatic heterocycles. The topological polar surface area (TPSA) is 26.3 Å². The van der Waals surface area contributed by atoms with Crippen LogP contribution in [0.25, 0.3) is 10.6 Å². The van der Waals surface area contributed by atoms with E-state index in [-0.39, 0.29) is 16.4 Å². The third kappa shape index (κ3) is 3.29. The largest absolute Gasteiger partial charge is 0.425 e. The van der Waals surface area contributed by atoms with E-state index in [2.05, 4.69) is 0 Å². The van der Waals surface area contributed by atoms with Crippen molar-refractivity contribution in [1.82, 2.24) is 0 Å². The molecular formula is C19H14ClF3O2. The molecule has 25 heavy (non-hydrogen) atoms. The van der Waals surface area contributed by atoms with E-state index in [1.54, 1.807) is 48.5 Å². The number of hydrogen-bond acceptors (Lipinski definition) is 2. The molecule has 0 saturated heterocycles. The van der Waals surface area contributed by atoms with Gasteiger partial charge < -0.3 is 4.74 Å². The molecule has 130 valence electrons. The normalized spacial score (nSPS) is 22.2. The second kappa shape index (κ2) is 6.23. The minimum absolute atomic E-state index is 0.108. The number of fused-ring (bicyclic) bond motifs is 1. The molecule has 0 bridgehead atoms. The molecule has 0 radical (unpaired) electrons. The molecule has 0 N–H and O–H groups in total. The van der Waals surface area contributed by atoms with Gasteiger partial charge in [0, 0.05) is 5.56 Å².